The molecule has 0 rings (SSSR count). The molecule has 92 valence electrons. The molecule has 0 saturated carbocycles. The summed E-state index contributed by atoms with van der Waals surface area (Å²) in [7, 11) is 0. The van der Waals surface area contributed by atoms with Crippen molar-refractivity contribution in [1.82, 2.24) is 0 Å². The summed E-state index contributed by atoms with van der Waals surface area (Å²) in [5.74, 6) is -0.972. The van der Waals surface area contributed by atoms with Crippen LogP contribution in [0.15, 0.2) is 0 Å². The van der Waals surface area contributed by atoms with E-state index >= 15 is 0 Å². The summed E-state index contributed by atoms with van der Waals surface area (Å²) in [4.78, 5) is 23.1. The van der Waals surface area contributed by atoms with Gasteiger partial charge in [-0.15, -0.1) is 0 Å². The molecular formula is C11H20O4Ti. The van der Waals surface area contributed by atoms with Crippen molar-refractivity contribution in [3.8, 4) is 0 Å². The predicted octanol–water partition coefficient (Wildman–Crippen LogP) is 1.71. The number of ether oxygens (including phenoxy) is 2. The number of carbonyl (C=O) groups excluding carboxylic acids is 2. The van der Waals surface area contributed by atoms with Gasteiger partial charge in [-0.3, -0.25) is 4.79 Å². The molecule has 0 amide bonds. The van der Waals surface area contributed by atoms with E-state index in [0.717, 1.165) is 0 Å². The van der Waals surface area contributed by atoms with Crippen LogP contribution in [0.3, 0.4) is 0 Å². The number of hydrogen-bond donors (Lipinski definition) is 0. The molecule has 0 radical (unpaired) electrons. The monoisotopic (exact) mass is 264 g/mol. The molecule has 16 heavy (non-hydrogen) atoms. The average Bonchev–Trinajstić information content (AvgIpc) is 2.00. The summed E-state index contributed by atoms with van der Waals surface area (Å²) in [6.45, 7) is 9.76. The van der Waals surface area contributed by atoms with E-state index in [-0.39, 0.29) is 39.7 Å². The van der Waals surface area contributed by atoms with Gasteiger partial charge < -0.3 is 9.47 Å². The summed E-state index contributed by atoms with van der Waals surface area (Å²) >= 11 is 0. The molecule has 0 aliphatic carbocycles. The molecule has 0 bridgehead atoms. The Morgan fingerprint density at radius 2 is 1.50 bits per heavy atom. The number of carbonyl (C=O) groups is 2. The van der Waals surface area contributed by atoms with E-state index < -0.39 is 11.6 Å². The van der Waals surface area contributed by atoms with Crippen molar-refractivity contribution in [2.45, 2.75) is 59.4 Å². The van der Waals surface area contributed by atoms with Gasteiger partial charge in [-0.2, -0.15) is 0 Å². The van der Waals surface area contributed by atoms with Crippen LogP contribution in [0.1, 0.15) is 41.5 Å². The normalized spacial score (nSPS) is 14.2. The van der Waals surface area contributed by atoms with Gasteiger partial charge in [0.25, 0.3) is 0 Å². The Labute approximate surface area is 112 Å². The van der Waals surface area contributed by atoms with Gasteiger partial charge in [0.05, 0.1) is 12.2 Å². The van der Waals surface area contributed by atoms with Crippen molar-refractivity contribution in [2.24, 2.45) is 0 Å². The molecule has 0 saturated heterocycles. The fraction of sp³-hybridized carbons (Fsp3) is 0.818. The third-order valence-corrected chi connectivity index (χ3v) is 1.88. The molecule has 0 N–H and O–H groups in total. The van der Waals surface area contributed by atoms with Crippen LogP contribution >= 0.6 is 0 Å². The maximum atomic E-state index is 11.7. The summed E-state index contributed by atoms with van der Waals surface area (Å²) in [5.41, 5.74) is -1.49. The molecule has 5 heteroatoms. The van der Waals surface area contributed by atoms with Gasteiger partial charge in [-0.1, -0.05) is 0 Å². The number of esters is 1. The fourth-order valence-electron chi connectivity index (χ4n) is 1.07. The molecule has 0 aromatic rings. The smallest absolute Gasteiger partial charge is 0.346 e. The zero-order valence-corrected chi connectivity index (χ0v) is 12.3. The molecule has 0 heterocycles. The van der Waals surface area contributed by atoms with Crippen molar-refractivity contribution < 1.29 is 40.8 Å². The summed E-state index contributed by atoms with van der Waals surface area (Å²) in [6.07, 6.45) is -0.467. The third kappa shape index (κ3) is 5.24. The Hall–Kier alpha value is -0.186. The van der Waals surface area contributed by atoms with E-state index in [1.807, 2.05) is 0 Å². The standard InChI is InChI=1S/C11H20O4.Ti/c1-7(2)14-10(13)11(6,9(5)12)15-8(3)4;/h7-8H,1-6H3;. The second kappa shape index (κ2) is 7.20. The Kier molecular flexibility index (Phi) is 8.18. The van der Waals surface area contributed by atoms with Gasteiger partial charge >= 0.3 is 5.97 Å². The molecule has 4 nitrogen and oxygen atoms in total. The van der Waals surface area contributed by atoms with E-state index in [2.05, 4.69) is 0 Å². The summed E-state index contributed by atoms with van der Waals surface area (Å²) in [6, 6.07) is 0. The summed E-state index contributed by atoms with van der Waals surface area (Å²) in [5, 5.41) is 0. The third-order valence-electron chi connectivity index (χ3n) is 1.88. The maximum absolute atomic E-state index is 11.7. The SMILES string of the molecule is CC(=O)C(C)(OC(C)C)C(=O)OC(C)C.[Ti]. The number of hydrogen-bond acceptors (Lipinski definition) is 4. The molecule has 0 spiro atoms. The van der Waals surface area contributed by atoms with Gasteiger partial charge in [-0.05, 0) is 41.5 Å². The van der Waals surface area contributed by atoms with Crippen LogP contribution in [0.25, 0.3) is 0 Å². The molecule has 1 atom stereocenters. The van der Waals surface area contributed by atoms with Crippen LogP contribution < -0.4 is 0 Å². The first kappa shape index (κ1) is 18.2. The predicted molar refractivity (Wildman–Crippen MR) is 56.5 cm³/mol. The quantitative estimate of drug-likeness (QED) is 0.431. The van der Waals surface area contributed by atoms with E-state index in [4.69, 9.17) is 9.47 Å². The Bertz CT molecular complexity index is 250. The minimum absolute atomic E-state index is 0. The first-order valence-corrected chi connectivity index (χ1v) is 5.10. The molecule has 0 aromatic carbocycles. The van der Waals surface area contributed by atoms with Crippen LogP contribution in [-0.2, 0) is 40.8 Å². The molecule has 1 unspecified atom stereocenters. The maximum Gasteiger partial charge on any atom is 0.346 e. The minimum Gasteiger partial charge on any atom is -0.460 e. The zero-order chi connectivity index (χ0) is 12.2. The van der Waals surface area contributed by atoms with E-state index in [9.17, 15) is 9.59 Å². The van der Waals surface area contributed by atoms with Gasteiger partial charge in [0, 0.05) is 21.7 Å². The van der Waals surface area contributed by atoms with Gasteiger partial charge in [-0.25, -0.2) is 4.79 Å². The van der Waals surface area contributed by atoms with E-state index in [1.54, 1.807) is 27.7 Å². The second-order valence-electron chi connectivity index (χ2n) is 4.21. The Morgan fingerprint density at radius 1 is 1.06 bits per heavy atom. The van der Waals surface area contributed by atoms with Crippen molar-refractivity contribution in [3.05, 3.63) is 0 Å². The Balaban J connectivity index is 0. The number of Topliss-reactive ketones (excluding diaryl/α,β-unsaturated/α-hetero) is 1. The van der Waals surface area contributed by atoms with Crippen LogP contribution in [0, 0.1) is 0 Å². The van der Waals surface area contributed by atoms with Crippen molar-refractivity contribution in [3.63, 3.8) is 0 Å². The average molecular weight is 264 g/mol. The van der Waals surface area contributed by atoms with Gasteiger partial charge in [0.15, 0.2) is 5.78 Å². The fourth-order valence-corrected chi connectivity index (χ4v) is 1.07. The van der Waals surface area contributed by atoms with Crippen LogP contribution in [0.2, 0.25) is 0 Å². The van der Waals surface area contributed by atoms with Gasteiger partial charge in [0.1, 0.15) is 0 Å². The van der Waals surface area contributed by atoms with Crippen LogP contribution in [0.4, 0.5) is 0 Å². The number of ketones is 1. The molecule has 0 aliphatic rings. The second-order valence-corrected chi connectivity index (χ2v) is 4.21. The van der Waals surface area contributed by atoms with Gasteiger partial charge in [0.2, 0.25) is 5.60 Å². The zero-order valence-electron chi connectivity index (χ0n) is 10.8. The van der Waals surface area contributed by atoms with Crippen LogP contribution in [-0.4, -0.2) is 29.6 Å². The first-order chi connectivity index (χ1) is 6.70. The molecule has 0 aliphatic heterocycles. The first-order valence-electron chi connectivity index (χ1n) is 5.10. The topological polar surface area (TPSA) is 52.6 Å². The minimum atomic E-state index is -1.49. The molecular weight excluding hydrogens is 244 g/mol. The molecule has 0 fully saturated rings. The van der Waals surface area contributed by atoms with Crippen molar-refractivity contribution >= 4 is 11.8 Å². The Morgan fingerprint density at radius 3 is 1.75 bits per heavy atom. The van der Waals surface area contributed by atoms with E-state index in [1.165, 1.54) is 13.8 Å². The largest absolute Gasteiger partial charge is 0.460 e. The number of rotatable bonds is 5. The molecule has 0 aromatic heterocycles. The van der Waals surface area contributed by atoms with Crippen molar-refractivity contribution in [2.75, 3.05) is 0 Å². The van der Waals surface area contributed by atoms with E-state index in [0.29, 0.717) is 0 Å². The summed E-state index contributed by atoms with van der Waals surface area (Å²) < 4.78 is 10.3. The van der Waals surface area contributed by atoms with Crippen LogP contribution in [0.5, 0.6) is 0 Å². The van der Waals surface area contributed by atoms with Crippen molar-refractivity contribution in [1.29, 1.82) is 0 Å².